The third-order valence-electron chi connectivity index (χ3n) is 3.78. The minimum Gasteiger partial charge on any atom is -0.497 e. The van der Waals surface area contributed by atoms with Crippen LogP contribution in [-0.4, -0.2) is 40.3 Å². The van der Waals surface area contributed by atoms with E-state index in [1.807, 2.05) is 31.2 Å². The number of hydrogen-bond donors (Lipinski definition) is 1. The van der Waals surface area contributed by atoms with Gasteiger partial charge in [-0.3, -0.25) is 0 Å². The summed E-state index contributed by atoms with van der Waals surface area (Å²) >= 11 is 0. The summed E-state index contributed by atoms with van der Waals surface area (Å²) in [4.78, 5) is 11.6. The summed E-state index contributed by atoms with van der Waals surface area (Å²) in [6.45, 7) is 1.96. The van der Waals surface area contributed by atoms with Crippen molar-refractivity contribution in [3.05, 3.63) is 53.7 Å². The first-order valence-electron chi connectivity index (χ1n) is 7.53. The van der Waals surface area contributed by atoms with E-state index in [0.29, 0.717) is 28.4 Å². The van der Waals surface area contributed by atoms with Gasteiger partial charge in [-0.15, -0.1) is 5.10 Å². The van der Waals surface area contributed by atoms with Crippen LogP contribution in [0.5, 0.6) is 11.5 Å². The minimum atomic E-state index is -1.14. The van der Waals surface area contributed by atoms with Crippen LogP contribution in [0.3, 0.4) is 0 Å². The molecule has 1 aromatic heterocycles. The number of hydrogen-bond acceptors (Lipinski definition) is 5. The van der Waals surface area contributed by atoms with Crippen LogP contribution in [0.2, 0.25) is 0 Å². The fourth-order valence-electron chi connectivity index (χ4n) is 2.49. The van der Waals surface area contributed by atoms with Crippen molar-refractivity contribution < 1.29 is 19.4 Å². The molecule has 1 N–H and O–H groups in total. The van der Waals surface area contributed by atoms with E-state index in [4.69, 9.17) is 9.47 Å². The third-order valence-corrected chi connectivity index (χ3v) is 3.78. The van der Waals surface area contributed by atoms with Crippen molar-refractivity contribution >= 4 is 5.97 Å². The van der Waals surface area contributed by atoms with E-state index in [2.05, 4.69) is 10.3 Å². The summed E-state index contributed by atoms with van der Waals surface area (Å²) < 4.78 is 12.0. The van der Waals surface area contributed by atoms with Gasteiger partial charge in [-0.1, -0.05) is 35.0 Å². The molecule has 0 aliphatic rings. The fraction of sp³-hybridized carbons (Fsp3) is 0.167. The zero-order valence-electron chi connectivity index (χ0n) is 14.1. The monoisotopic (exact) mass is 339 g/mol. The first-order chi connectivity index (χ1) is 12.0. The molecule has 0 radical (unpaired) electrons. The van der Waals surface area contributed by atoms with Crippen molar-refractivity contribution in [2.45, 2.75) is 6.92 Å². The molecule has 0 amide bonds. The van der Waals surface area contributed by atoms with Gasteiger partial charge in [0.2, 0.25) is 0 Å². The van der Waals surface area contributed by atoms with Crippen LogP contribution in [-0.2, 0) is 0 Å². The van der Waals surface area contributed by atoms with E-state index in [-0.39, 0.29) is 5.69 Å². The second kappa shape index (κ2) is 6.64. The highest BCUT2D eigenvalue weighted by atomic mass is 16.5. The van der Waals surface area contributed by atoms with E-state index in [9.17, 15) is 9.90 Å². The van der Waals surface area contributed by atoms with Gasteiger partial charge in [-0.2, -0.15) is 0 Å². The third kappa shape index (κ3) is 3.16. The number of carbonyl (C=O) groups is 1. The molecule has 7 heteroatoms. The van der Waals surface area contributed by atoms with Crippen molar-refractivity contribution in [2.24, 2.45) is 0 Å². The zero-order chi connectivity index (χ0) is 18.0. The molecule has 0 fully saturated rings. The normalized spacial score (nSPS) is 10.5. The molecule has 0 aliphatic carbocycles. The van der Waals surface area contributed by atoms with E-state index in [1.54, 1.807) is 32.4 Å². The highest BCUT2D eigenvalue weighted by Crippen LogP contribution is 2.30. The minimum absolute atomic E-state index is 0.120. The summed E-state index contributed by atoms with van der Waals surface area (Å²) in [6, 6.07) is 12.7. The zero-order valence-corrected chi connectivity index (χ0v) is 14.1. The van der Waals surface area contributed by atoms with E-state index in [1.165, 1.54) is 4.68 Å². The lowest BCUT2D eigenvalue weighted by molar-refractivity contribution is 0.0691. The number of methoxy groups -OCH3 is 2. The Morgan fingerprint density at radius 2 is 1.64 bits per heavy atom. The molecule has 7 nitrogen and oxygen atoms in total. The number of nitrogens with zero attached hydrogens (tertiary/aromatic N) is 3. The van der Waals surface area contributed by atoms with Gasteiger partial charge < -0.3 is 14.6 Å². The standard InChI is InChI=1S/C18H17N3O4/c1-11-4-6-12(7-5-11)17-16(18(22)23)19-20-21(17)13-8-14(24-2)10-15(9-13)25-3/h4-10H,1-3H3,(H,22,23). The van der Waals surface area contributed by atoms with Gasteiger partial charge in [0, 0.05) is 23.8 Å². The molecular weight excluding hydrogens is 322 g/mol. The van der Waals surface area contributed by atoms with Crippen molar-refractivity contribution in [3.63, 3.8) is 0 Å². The predicted molar refractivity (Wildman–Crippen MR) is 91.6 cm³/mol. The summed E-state index contributed by atoms with van der Waals surface area (Å²) in [5.41, 5.74) is 2.64. The number of aryl methyl sites for hydroxylation is 1. The Morgan fingerprint density at radius 1 is 1.04 bits per heavy atom. The van der Waals surface area contributed by atoms with E-state index in [0.717, 1.165) is 5.56 Å². The summed E-state index contributed by atoms with van der Waals surface area (Å²) in [6.07, 6.45) is 0. The lowest BCUT2D eigenvalue weighted by atomic mass is 10.1. The predicted octanol–water partition coefficient (Wildman–Crippen LogP) is 2.96. The van der Waals surface area contributed by atoms with Gasteiger partial charge in [0.25, 0.3) is 0 Å². The maximum absolute atomic E-state index is 11.6. The van der Waals surface area contributed by atoms with Crippen molar-refractivity contribution in [3.8, 4) is 28.4 Å². The van der Waals surface area contributed by atoms with Crippen LogP contribution in [0, 0.1) is 6.92 Å². The van der Waals surface area contributed by atoms with Crippen molar-refractivity contribution in [2.75, 3.05) is 14.2 Å². The molecule has 0 aliphatic heterocycles. The van der Waals surface area contributed by atoms with Crippen LogP contribution in [0.4, 0.5) is 0 Å². The largest absolute Gasteiger partial charge is 0.497 e. The molecule has 3 rings (SSSR count). The van der Waals surface area contributed by atoms with Gasteiger partial charge in [-0.25, -0.2) is 9.48 Å². The topological polar surface area (TPSA) is 86.5 Å². The Labute approximate surface area is 144 Å². The van der Waals surface area contributed by atoms with Crippen LogP contribution >= 0.6 is 0 Å². The second-order valence-electron chi connectivity index (χ2n) is 5.44. The number of benzene rings is 2. The molecule has 0 spiro atoms. The number of rotatable bonds is 5. The summed E-state index contributed by atoms with van der Waals surface area (Å²) in [7, 11) is 3.09. The van der Waals surface area contributed by atoms with E-state index < -0.39 is 5.97 Å². The van der Waals surface area contributed by atoms with Gasteiger partial charge in [-0.05, 0) is 6.92 Å². The summed E-state index contributed by atoms with van der Waals surface area (Å²) in [5.74, 6) is -0.00940. The Balaban J connectivity index is 2.24. The average Bonchev–Trinajstić information content (AvgIpc) is 3.07. The fourth-order valence-corrected chi connectivity index (χ4v) is 2.49. The highest BCUT2D eigenvalue weighted by Gasteiger charge is 2.22. The van der Waals surface area contributed by atoms with Crippen LogP contribution < -0.4 is 9.47 Å². The molecule has 0 saturated carbocycles. The van der Waals surface area contributed by atoms with Gasteiger partial charge in [0.15, 0.2) is 5.69 Å². The Morgan fingerprint density at radius 3 is 2.16 bits per heavy atom. The van der Waals surface area contributed by atoms with Gasteiger partial charge in [0.05, 0.1) is 19.9 Å². The molecule has 0 bridgehead atoms. The number of aromatic carboxylic acids is 1. The maximum atomic E-state index is 11.6. The molecular formula is C18H17N3O4. The van der Waals surface area contributed by atoms with Gasteiger partial charge in [0.1, 0.15) is 17.2 Å². The molecule has 1 heterocycles. The summed E-state index contributed by atoms with van der Waals surface area (Å²) in [5, 5.41) is 17.3. The van der Waals surface area contributed by atoms with Crippen LogP contribution in [0.1, 0.15) is 16.1 Å². The van der Waals surface area contributed by atoms with Crippen LogP contribution in [0.25, 0.3) is 16.9 Å². The SMILES string of the molecule is COc1cc(OC)cc(-n2nnc(C(=O)O)c2-c2ccc(C)cc2)c1. The van der Waals surface area contributed by atoms with Crippen molar-refractivity contribution in [1.82, 2.24) is 15.0 Å². The Hall–Kier alpha value is -3.35. The molecule has 3 aromatic rings. The van der Waals surface area contributed by atoms with Crippen molar-refractivity contribution in [1.29, 1.82) is 0 Å². The Bertz CT molecular complexity index is 894. The number of aromatic nitrogens is 3. The smallest absolute Gasteiger partial charge is 0.358 e. The first-order valence-corrected chi connectivity index (χ1v) is 7.53. The highest BCUT2D eigenvalue weighted by molar-refractivity contribution is 5.93. The average molecular weight is 339 g/mol. The number of ether oxygens (including phenoxy) is 2. The van der Waals surface area contributed by atoms with Crippen LogP contribution in [0.15, 0.2) is 42.5 Å². The first kappa shape index (κ1) is 16.5. The Kier molecular flexibility index (Phi) is 4.38. The number of carboxylic acid groups (broad SMARTS) is 1. The second-order valence-corrected chi connectivity index (χ2v) is 5.44. The molecule has 128 valence electrons. The molecule has 0 atom stereocenters. The molecule has 0 unspecified atom stereocenters. The van der Waals surface area contributed by atoms with Gasteiger partial charge >= 0.3 is 5.97 Å². The molecule has 2 aromatic carbocycles. The lowest BCUT2D eigenvalue weighted by Crippen LogP contribution is -2.04. The number of carboxylic acids is 1. The lowest BCUT2D eigenvalue weighted by Gasteiger charge is -2.11. The van der Waals surface area contributed by atoms with E-state index >= 15 is 0 Å². The quantitative estimate of drug-likeness (QED) is 0.769. The molecule has 0 saturated heterocycles. The maximum Gasteiger partial charge on any atom is 0.358 e. The molecule has 25 heavy (non-hydrogen) atoms.